The molecule has 5 aromatic rings. The minimum atomic E-state index is 0.675. The van der Waals surface area contributed by atoms with Crippen LogP contribution in [0.1, 0.15) is 5.56 Å². The number of nitrogens with zero attached hydrogens (tertiary/aromatic N) is 4. The van der Waals surface area contributed by atoms with Gasteiger partial charge in [0.25, 0.3) is 0 Å². The van der Waals surface area contributed by atoms with E-state index in [1.165, 1.54) is 0 Å². The molecule has 0 radical (unpaired) electrons. The molecule has 0 unspecified atom stereocenters. The van der Waals surface area contributed by atoms with Gasteiger partial charge in [-0.25, -0.2) is 4.98 Å². The fourth-order valence-electron chi connectivity index (χ4n) is 3.47. The van der Waals surface area contributed by atoms with Crippen molar-refractivity contribution >= 4 is 22.4 Å². The summed E-state index contributed by atoms with van der Waals surface area (Å²) in [7, 11) is 1.67. The summed E-state index contributed by atoms with van der Waals surface area (Å²) in [6.07, 6.45) is 5.46. The Kier molecular flexibility index (Phi) is 4.29. The second kappa shape index (κ2) is 7.24. The Morgan fingerprint density at radius 2 is 1.76 bits per heavy atom. The smallest absolute Gasteiger partial charge is 0.165 e. The third-order valence-electron chi connectivity index (χ3n) is 4.96. The Labute approximate surface area is 167 Å². The van der Waals surface area contributed by atoms with Crippen molar-refractivity contribution in [1.29, 1.82) is 0 Å². The van der Waals surface area contributed by atoms with Crippen molar-refractivity contribution in [2.24, 2.45) is 0 Å². The van der Waals surface area contributed by atoms with Gasteiger partial charge in [0, 0.05) is 35.5 Å². The number of rotatable bonds is 5. The third-order valence-corrected chi connectivity index (χ3v) is 4.96. The zero-order valence-electron chi connectivity index (χ0n) is 15.9. The van der Waals surface area contributed by atoms with E-state index in [2.05, 4.69) is 38.6 Å². The lowest BCUT2D eigenvalue weighted by molar-refractivity contribution is 0.414. The van der Waals surface area contributed by atoms with Crippen LogP contribution in [-0.2, 0) is 6.54 Å². The predicted octanol–water partition coefficient (Wildman–Crippen LogP) is 4.57. The van der Waals surface area contributed by atoms with Gasteiger partial charge in [-0.15, -0.1) is 0 Å². The van der Waals surface area contributed by atoms with Crippen molar-refractivity contribution in [2.45, 2.75) is 6.54 Å². The van der Waals surface area contributed by atoms with E-state index in [0.717, 1.165) is 44.8 Å². The van der Waals surface area contributed by atoms with Crippen LogP contribution in [0.15, 0.2) is 79.3 Å². The maximum absolute atomic E-state index is 5.22. The van der Waals surface area contributed by atoms with Crippen molar-refractivity contribution in [1.82, 2.24) is 19.6 Å². The summed E-state index contributed by atoms with van der Waals surface area (Å²) in [6, 6.07) is 20.1. The molecule has 3 heterocycles. The minimum Gasteiger partial charge on any atom is -0.497 e. The fourth-order valence-corrected chi connectivity index (χ4v) is 3.47. The van der Waals surface area contributed by atoms with Crippen LogP contribution >= 0.6 is 0 Å². The molecule has 5 rings (SSSR count). The monoisotopic (exact) mass is 381 g/mol. The predicted molar refractivity (Wildman–Crippen MR) is 114 cm³/mol. The van der Waals surface area contributed by atoms with Crippen LogP contribution in [0.2, 0.25) is 0 Å². The molecule has 1 N–H and O–H groups in total. The molecular formula is C23H19N5O. The van der Waals surface area contributed by atoms with Crippen molar-refractivity contribution < 1.29 is 4.74 Å². The van der Waals surface area contributed by atoms with Crippen molar-refractivity contribution in [3.8, 4) is 16.9 Å². The van der Waals surface area contributed by atoms with E-state index in [-0.39, 0.29) is 0 Å². The highest BCUT2D eigenvalue weighted by atomic mass is 16.5. The molecule has 29 heavy (non-hydrogen) atoms. The van der Waals surface area contributed by atoms with Gasteiger partial charge in [-0.05, 0) is 29.8 Å². The normalized spacial score (nSPS) is 11.1. The number of ether oxygens (including phenoxy) is 1. The number of aromatic nitrogens is 4. The van der Waals surface area contributed by atoms with Crippen LogP contribution in [0.25, 0.3) is 27.7 Å². The van der Waals surface area contributed by atoms with Gasteiger partial charge >= 0.3 is 0 Å². The molecule has 6 heteroatoms. The van der Waals surface area contributed by atoms with Gasteiger partial charge in [-0.2, -0.15) is 9.61 Å². The van der Waals surface area contributed by atoms with E-state index >= 15 is 0 Å². The van der Waals surface area contributed by atoms with E-state index in [1.807, 2.05) is 59.4 Å². The Morgan fingerprint density at radius 1 is 0.897 bits per heavy atom. The topological polar surface area (TPSA) is 64.3 Å². The minimum absolute atomic E-state index is 0.675. The van der Waals surface area contributed by atoms with Gasteiger partial charge in [0.05, 0.1) is 18.8 Å². The summed E-state index contributed by atoms with van der Waals surface area (Å²) in [5.74, 6) is 1.73. The number of para-hydroxylation sites is 1. The highest BCUT2D eigenvalue weighted by Gasteiger charge is 2.13. The average molecular weight is 381 g/mol. The maximum atomic E-state index is 5.22. The summed E-state index contributed by atoms with van der Waals surface area (Å²) < 4.78 is 7.05. The molecule has 0 fully saturated rings. The van der Waals surface area contributed by atoms with Crippen LogP contribution < -0.4 is 10.1 Å². The number of fused-ring (bicyclic) bond motifs is 2. The van der Waals surface area contributed by atoms with E-state index in [4.69, 9.17) is 4.74 Å². The van der Waals surface area contributed by atoms with E-state index in [1.54, 1.807) is 13.3 Å². The summed E-state index contributed by atoms with van der Waals surface area (Å²) in [4.78, 5) is 9.14. The number of nitrogens with one attached hydrogen (secondary N) is 1. The molecule has 0 saturated heterocycles. The Morgan fingerprint density at radius 3 is 2.62 bits per heavy atom. The summed E-state index contributed by atoms with van der Waals surface area (Å²) >= 11 is 0. The van der Waals surface area contributed by atoms with Gasteiger partial charge in [-0.1, -0.05) is 36.4 Å². The Bertz CT molecular complexity index is 1290. The Balaban J connectivity index is 1.50. The van der Waals surface area contributed by atoms with Gasteiger partial charge in [0.2, 0.25) is 0 Å². The van der Waals surface area contributed by atoms with Crippen LogP contribution in [-0.4, -0.2) is 26.7 Å². The molecule has 0 aliphatic carbocycles. The molecule has 0 aliphatic rings. The fraction of sp³-hybridized carbons (Fsp3) is 0.0870. The third kappa shape index (κ3) is 3.14. The van der Waals surface area contributed by atoms with E-state index in [9.17, 15) is 0 Å². The first kappa shape index (κ1) is 17.2. The first-order valence-corrected chi connectivity index (χ1v) is 9.37. The lowest BCUT2D eigenvalue weighted by Gasteiger charge is -2.09. The van der Waals surface area contributed by atoms with E-state index < -0.39 is 0 Å². The number of methoxy groups -OCH3 is 1. The van der Waals surface area contributed by atoms with Crippen LogP contribution in [0, 0.1) is 0 Å². The standard InChI is InChI=1S/C23H19N5O/c1-29-18-9-7-16(8-10-18)14-26-21-11-13-25-23-20(15-27-28(21)23)19-6-2-4-17-5-3-12-24-22(17)19/h2-13,15,26H,14H2,1H3. The molecule has 0 bridgehead atoms. The molecule has 3 aromatic heterocycles. The molecule has 0 amide bonds. The van der Waals surface area contributed by atoms with Gasteiger partial charge in [-0.3, -0.25) is 4.98 Å². The van der Waals surface area contributed by atoms with Crippen molar-refractivity contribution in [2.75, 3.05) is 12.4 Å². The highest BCUT2D eigenvalue weighted by molar-refractivity contribution is 5.96. The Hall–Kier alpha value is -3.93. The maximum Gasteiger partial charge on any atom is 0.165 e. The van der Waals surface area contributed by atoms with Gasteiger partial charge in [0.15, 0.2) is 5.65 Å². The van der Waals surface area contributed by atoms with Gasteiger partial charge < -0.3 is 10.1 Å². The number of hydrogen-bond donors (Lipinski definition) is 1. The van der Waals surface area contributed by atoms with Crippen LogP contribution in [0.4, 0.5) is 5.82 Å². The highest BCUT2D eigenvalue weighted by Crippen LogP contribution is 2.30. The second-order valence-corrected chi connectivity index (χ2v) is 6.71. The molecule has 0 aliphatic heterocycles. The lowest BCUT2D eigenvalue weighted by atomic mass is 10.0. The first-order chi connectivity index (χ1) is 14.3. The SMILES string of the molecule is COc1ccc(CNc2ccnc3c(-c4cccc5cccnc45)cnn23)cc1. The average Bonchev–Trinajstić information content (AvgIpc) is 3.22. The molecule has 0 spiro atoms. The second-order valence-electron chi connectivity index (χ2n) is 6.71. The van der Waals surface area contributed by atoms with Gasteiger partial charge in [0.1, 0.15) is 11.6 Å². The summed E-state index contributed by atoms with van der Waals surface area (Å²) in [5, 5.41) is 9.13. The largest absolute Gasteiger partial charge is 0.497 e. The molecule has 6 nitrogen and oxygen atoms in total. The lowest BCUT2D eigenvalue weighted by Crippen LogP contribution is -2.05. The molecule has 0 saturated carbocycles. The molecule has 2 aromatic carbocycles. The summed E-state index contributed by atoms with van der Waals surface area (Å²) in [5.41, 5.74) is 4.88. The van der Waals surface area contributed by atoms with Crippen molar-refractivity contribution in [3.63, 3.8) is 0 Å². The zero-order chi connectivity index (χ0) is 19.6. The zero-order valence-corrected chi connectivity index (χ0v) is 15.9. The molecular weight excluding hydrogens is 362 g/mol. The summed E-state index contributed by atoms with van der Waals surface area (Å²) in [6.45, 7) is 0.675. The quantitative estimate of drug-likeness (QED) is 0.483. The van der Waals surface area contributed by atoms with Crippen LogP contribution in [0.3, 0.4) is 0 Å². The molecule has 0 atom stereocenters. The first-order valence-electron chi connectivity index (χ1n) is 9.37. The number of benzene rings is 2. The van der Waals surface area contributed by atoms with Crippen LogP contribution in [0.5, 0.6) is 5.75 Å². The van der Waals surface area contributed by atoms with E-state index in [0.29, 0.717) is 6.54 Å². The molecule has 142 valence electrons. The number of pyridine rings is 1. The van der Waals surface area contributed by atoms with Crippen molar-refractivity contribution in [3.05, 3.63) is 84.8 Å². The number of hydrogen-bond acceptors (Lipinski definition) is 5. The number of anilines is 1.